The average molecular weight is 299 g/mol. The summed E-state index contributed by atoms with van der Waals surface area (Å²) in [5.74, 6) is 1.02. The maximum atomic E-state index is 14.3. The van der Waals surface area contributed by atoms with Crippen LogP contribution in [0.1, 0.15) is 11.1 Å². The molecule has 0 saturated carbocycles. The van der Waals surface area contributed by atoms with Crippen molar-refractivity contribution in [1.82, 2.24) is 0 Å². The fraction of sp³-hybridized carbons (Fsp3) is 0.188. The van der Waals surface area contributed by atoms with Gasteiger partial charge in [0.15, 0.2) is 11.5 Å². The molecular weight excluding hydrogens is 289 g/mol. The van der Waals surface area contributed by atoms with E-state index in [4.69, 9.17) is 14.2 Å². The maximum absolute atomic E-state index is 14.3. The third-order valence-corrected chi connectivity index (χ3v) is 4.50. The van der Waals surface area contributed by atoms with Gasteiger partial charge in [0, 0.05) is 17.2 Å². The Kier molecular flexibility index (Phi) is 2.00. The molecule has 0 bridgehead atoms. The first-order chi connectivity index (χ1) is 10.7. The molecule has 2 aromatic rings. The molecule has 1 atom stereocenters. The van der Waals surface area contributed by atoms with E-state index in [0.29, 0.717) is 28.4 Å². The van der Waals surface area contributed by atoms with Crippen LogP contribution in [0.25, 0.3) is 0 Å². The highest BCUT2D eigenvalue weighted by molar-refractivity contribution is 6.10. The number of carbonyl (C=O) groups excluding carboxylic acids is 1. The lowest BCUT2D eigenvalue weighted by molar-refractivity contribution is -0.124. The lowest BCUT2D eigenvalue weighted by Crippen LogP contribution is -2.39. The summed E-state index contributed by atoms with van der Waals surface area (Å²) in [5.41, 5.74) is 0.345. The Morgan fingerprint density at radius 3 is 2.64 bits per heavy atom. The number of benzene rings is 2. The average Bonchev–Trinajstić information content (AvgIpc) is 3.20. The third-order valence-electron chi connectivity index (χ3n) is 4.50. The minimum Gasteiger partial charge on any atom is -0.491 e. The molecule has 110 valence electrons. The molecule has 3 aliphatic rings. The van der Waals surface area contributed by atoms with E-state index in [-0.39, 0.29) is 24.2 Å². The monoisotopic (exact) mass is 299 g/mol. The van der Waals surface area contributed by atoms with Gasteiger partial charge in [-0.1, -0.05) is 22.7 Å². The van der Waals surface area contributed by atoms with Crippen molar-refractivity contribution in [1.29, 1.82) is 0 Å². The van der Waals surface area contributed by atoms with Gasteiger partial charge in [0.2, 0.25) is 6.79 Å². The molecule has 0 aromatic heterocycles. The van der Waals surface area contributed by atoms with Crippen LogP contribution in [0.15, 0.2) is 36.4 Å². The minimum atomic E-state index is -1.15. The molecule has 2 aromatic carbocycles. The van der Waals surface area contributed by atoms with E-state index in [1.807, 2.05) is 0 Å². The molecule has 22 heavy (non-hydrogen) atoms. The predicted octanol–water partition coefficient (Wildman–Crippen LogP) is 2.32. The molecule has 1 amide bonds. The fourth-order valence-corrected chi connectivity index (χ4v) is 3.44. The number of anilines is 1. The van der Waals surface area contributed by atoms with Crippen LogP contribution in [-0.4, -0.2) is 19.3 Å². The van der Waals surface area contributed by atoms with Gasteiger partial charge >= 0.3 is 0 Å². The number of ether oxygens (including phenoxy) is 3. The van der Waals surface area contributed by atoms with Crippen LogP contribution in [0.2, 0.25) is 0 Å². The smallest absolute Gasteiger partial charge is 0.273 e. The van der Waals surface area contributed by atoms with Crippen LogP contribution in [0, 0.1) is 0 Å². The zero-order valence-electron chi connectivity index (χ0n) is 11.3. The van der Waals surface area contributed by atoms with Crippen molar-refractivity contribution >= 4 is 11.6 Å². The first-order valence-corrected chi connectivity index (χ1v) is 6.88. The van der Waals surface area contributed by atoms with Crippen LogP contribution in [0.5, 0.6) is 17.2 Å². The Morgan fingerprint density at radius 1 is 1.00 bits per heavy atom. The highest BCUT2D eigenvalue weighted by Gasteiger charge is 2.58. The van der Waals surface area contributed by atoms with E-state index < -0.39 is 11.3 Å². The highest BCUT2D eigenvalue weighted by Crippen LogP contribution is 2.54. The molecule has 5 rings (SSSR count). The van der Waals surface area contributed by atoms with Crippen LogP contribution >= 0.6 is 0 Å². The second-order valence-electron chi connectivity index (χ2n) is 5.50. The Balaban J connectivity index is 1.80. The first-order valence-electron chi connectivity index (χ1n) is 6.88. The normalized spacial score (nSPS) is 23.7. The first kappa shape index (κ1) is 11.9. The molecule has 1 spiro atoms. The lowest BCUT2D eigenvalue weighted by Gasteiger charge is -2.20. The summed E-state index contributed by atoms with van der Waals surface area (Å²) in [6.07, 6.45) is 0. The molecule has 0 aliphatic carbocycles. The summed E-state index contributed by atoms with van der Waals surface area (Å²) in [5, 5.41) is 0.207. The SMILES string of the molecule is O=C1N(F)c2ccccc2C12COc1cc3c(cc12)OCO3. The number of nitrogens with zero attached hydrogens (tertiary/aromatic N) is 1. The van der Waals surface area contributed by atoms with E-state index in [0.717, 1.165) is 0 Å². The van der Waals surface area contributed by atoms with Gasteiger partial charge < -0.3 is 14.2 Å². The Labute approximate surface area is 124 Å². The molecule has 0 radical (unpaired) electrons. The van der Waals surface area contributed by atoms with Gasteiger partial charge in [0.05, 0.1) is 5.69 Å². The third kappa shape index (κ3) is 1.17. The molecule has 1 unspecified atom stereocenters. The summed E-state index contributed by atoms with van der Waals surface area (Å²) in [6.45, 7) is 0.201. The predicted molar refractivity (Wildman–Crippen MR) is 73.9 cm³/mol. The summed E-state index contributed by atoms with van der Waals surface area (Å²) in [4.78, 5) is 12.6. The molecule has 0 saturated heterocycles. The van der Waals surface area contributed by atoms with Crippen LogP contribution < -0.4 is 19.3 Å². The minimum absolute atomic E-state index is 0.0709. The molecule has 3 aliphatic heterocycles. The zero-order chi connectivity index (χ0) is 14.9. The molecule has 5 nitrogen and oxygen atoms in total. The van der Waals surface area contributed by atoms with Crippen molar-refractivity contribution in [3.8, 4) is 17.2 Å². The molecule has 0 fully saturated rings. The summed E-state index contributed by atoms with van der Waals surface area (Å²) in [7, 11) is 0. The van der Waals surface area contributed by atoms with Crippen molar-refractivity contribution < 1.29 is 23.5 Å². The van der Waals surface area contributed by atoms with Gasteiger partial charge in [0.25, 0.3) is 5.91 Å². The van der Waals surface area contributed by atoms with Gasteiger partial charge in [-0.05, 0) is 12.1 Å². The van der Waals surface area contributed by atoms with Crippen molar-refractivity contribution in [3.63, 3.8) is 0 Å². The quantitative estimate of drug-likeness (QED) is 0.701. The van der Waals surface area contributed by atoms with Crippen LogP contribution in [0.3, 0.4) is 0 Å². The van der Waals surface area contributed by atoms with Crippen molar-refractivity contribution in [2.24, 2.45) is 0 Å². The maximum Gasteiger partial charge on any atom is 0.273 e. The second kappa shape index (κ2) is 3.71. The number of hydrogen-bond acceptors (Lipinski definition) is 4. The van der Waals surface area contributed by atoms with Gasteiger partial charge in [0.1, 0.15) is 17.8 Å². The number of hydrogen-bond donors (Lipinski definition) is 0. The Bertz CT molecular complexity index is 837. The number of fused-ring (bicyclic) bond motifs is 5. The Hall–Kier alpha value is -2.76. The number of para-hydroxylation sites is 1. The molecule has 3 heterocycles. The number of carbonyl (C=O) groups is 1. The van der Waals surface area contributed by atoms with E-state index in [1.165, 1.54) is 0 Å². The molecular formula is C16H10FNO4. The second-order valence-corrected chi connectivity index (χ2v) is 5.50. The fourth-order valence-electron chi connectivity index (χ4n) is 3.44. The summed E-state index contributed by atoms with van der Waals surface area (Å²) in [6, 6.07) is 10.3. The highest BCUT2D eigenvalue weighted by atomic mass is 19.2. The lowest BCUT2D eigenvalue weighted by atomic mass is 9.77. The number of amides is 1. The topological polar surface area (TPSA) is 48.0 Å². The largest absolute Gasteiger partial charge is 0.491 e. The van der Waals surface area contributed by atoms with Gasteiger partial charge in [-0.2, -0.15) is 0 Å². The van der Waals surface area contributed by atoms with E-state index in [9.17, 15) is 9.28 Å². The van der Waals surface area contributed by atoms with Crippen molar-refractivity contribution in [2.45, 2.75) is 5.41 Å². The van der Waals surface area contributed by atoms with E-state index in [1.54, 1.807) is 36.4 Å². The zero-order valence-corrected chi connectivity index (χ0v) is 11.3. The van der Waals surface area contributed by atoms with Crippen molar-refractivity contribution in [3.05, 3.63) is 47.5 Å². The number of rotatable bonds is 0. The summed E-state index contributed by atoms with van der Waals surface area (Å²) >= 11 is 0. The van der Waals surface area contributed by atoms with Gasteiger partial charge in [-0.3, -0.25) is 4.79 Å². The van der Waals surface area contributed by atoms with Gasteiger partial charge in [-0.15, -0.1) is 5.12 Å². The summed E-state index contributed by atoms with van der Waals surface area (Å²) < 4.78 is 30.7. The Morgan fingerprint density at radius 2 is 1.77 bits per heavy atom. The van der Waals surface area contributed by atoms with E-state index >= 15 is 0 Å². The molecule has 0 N–H and O–H groups in total. The van der Waals surface area contributed by atoms with Crippen LogP contribution in [0.4, 0.5) is 10.2 Å². The van der Waals surface area contributed by atoms with Crippen LogP contribution in [-0.2, 0) is 10.2 Å². The standard InChI is InChI=1S/C16H10FNO4/c17-18-11-4-2-1-3-9(11)16(15(18)19)7-20-12-6-14-13(5-10(12)16)21-8-22-14/h1-6H,7-8H2. The number of halogens is 1. The van der Waals surface area contributed by atoms with Gasteiger partial charge in [-0.25, -0.2) is 0 Å². The van der Waals surface area contributed by atoms with Crippen molar-refractivity contribution in [2.75, 3.05) is 18.5 Å². The van der Waals surface area contributed by atoms with E-state index in [2.05, 4.69) is 0 Å². The molecule has 6 heteroatoms.